The summed E-state index contributed by atoms with van der Waals surface area (Å²) in [5.41, 5.74) is 0.668. The molecule has 2 aliphatic rings. The van der Waals surface area contributed by atoms with Gasteiger partial charge in [0.05, 0.1) is 12.2 Å². The van der Waals surface area contributed by atoms with Crippen molar-refractivity contribution in [2.45, 2.75) is 38.1 Å². The van der Waals surface area contributed by atoms with Crippen molar-refractivity contribution in [1.29, 1.82) is 0 Å². The molecule has 1 saturated carbocycles. The normalized spacial score (nSPS) is 26.9. The summed E-state index contributed by atoms with van der Waals surface area (Å²) in [6.07, 6.45) is 5.44. The molecule has 2 aromatic rings. The van der Waals surface area contributed by atoms with Crippen LogP contribution in [0.1, 0.15) is 44.0 Å². The highest BCUT2D eigenvalue weighted by Crippen LogP contribution is 2.37. The lowest BCUT2D eigenvalue weighted by Gasteiger charge is -2.26. The summed E-state index contributed by atoms with van der Waals surface area (Å²) >= 11 is 0. The van der Waals surface area contributed by atoms with Gasteiger partial charge < -0.3 is 9.84 Å². The summed E-state index contributed by atoms with van der Waals surface area (Å²) in [6, 6.07) is 0.398. The van der Waals surface area contributed by atoms with E-state index in [9.17, 15) is 0 Å². The van der Waals surface area contributed by atoms with Gasteiger partial charge in [0.1, 0.15) is 0 Å². The Hall–Kier alpha value is -1.76. The first-order valence-corrected chi connectivity index (χ1v) is 7.26. The molecular formula is C13H18N6O. The molecule has 0 aromatic carbocycles. The van der Waals surface area contributed by atoms with Gasteiger partial charge in [0.2, 0.25) is 0 Å². The Morgan fingerprint density at radius 3 is 2.95 bits per heavy atom. The van der Waals surface area contributed by atoms with E-state index < -0.39 is 0 Å². The standard InChI is InChI=1S/C13H18N6O/c1-8-2-3-9(4-8)12-15-13(20-17-12)11-7-19(18-16-11)10-5-14-6-10/h7-10,14H,2-6H2,1H3. The minimum atomic E-state index is 0.398. The van der Waals surface area contributed by atoms with Gasteiger partial charge in [-0.1, -0.05) is 17.3 Å². The number of rotatable bonds is 3. The molecule has 106 valence electrons. The summed E-state index contributed by atoms with van der Waals surface area (Å²) in [7, 11) is 0. The molecule has 7 nitrogen and oxygen atoms in total. The van der Waals surface area contributed by atoms with Gasteiger partial charge in [0.15, 0.2) is 11.5 Å². The van der Waals surface area contributed by atoms with Gasteiger partial charge in [0.25, 0.3) is 5.89 Å². The zero-order valence-corrected chi connectivity index (χ0v) is 11.5. The molecule has 1 aliphatic heterocycles. The molecule has 0 radical (unpaired) electrons. The zero-order valence-electron chi connectivity index (χ0n) is 11.5. The molecule has 0 bridgehead atoms. The number of nitrogens with one attached hydrogen (secondary N) is 1. The Balaban J connectivity index is 1.53. The third kappa shape index (κ3) is 2.02. The highest BCUT2D eigenvalue weighted by Gasteiger charge is 2.28. The average molecular weight is 274 g/mol. The van der Waals surface area contributed by atoms with Crippen molar-refractivity contribution < 1.29 is 4.52 Å². The van der Waals surface area contributed by atoms with E-state index in [1.807, 2.05) is 10.9 Å². The number of aromatic nitrogens is 5. The van der Waals surface area contributed by atoms with Crippen molar-refractivity contribution in [3.63, 3.8) is 0 Å². The van der Waals surface area contributed by atoms with E-state index in [0.717, 1.165) is 37.7 Å². The third-order valence-corrected chi connectivity index (χ3v) is 4.37. The molecular weight excluding hydrogens is 256 g/mol. The van der Waals surface area contributed by atoms with Gasteiger partial charge in [0, 0.05) is 19.0 Å². The number of nitrogens with zero attached hydrogens (tertiary/aromatic N) is 5. The topological polar surface area (TPSA) is 81.7 Å². The Bertz CT molecular complexity index is 602. The SMILES string of the molecule is CC1CCC(c2noc(-c3cn(C4CNC4)nn3)n2)C1. The maximum atomic E-state index is 5.35. The molecule has 2 unspecified atom stereocenters. The molecule has 1 saturated heterocycles. The fraction of sp³-hybridized carbons (Fsp3) is 0.692. The van der Waals surface area contributed by atoms with Gasteiger partial charge in [-0.15, -0.1) is 5.10 Å². The van der Waals surface area contributed by atoms with Gasteiger partial charge >= 0.3 is 0 Å². The fourth-order valence-corrected chi connectivity index (χ4v) is 2.96. The van der Waals surface area contributed by atoms with Crippen LogP contribution in [0.5, 0.6) is 0 Å². The van der Waals surface area contributed by atoms with Gasteiger partial charge in [-0.2, -0.15) is 4.98 Å². The number of hydrogen-bond donors (Lipinski definition) is 1. The van der Waals surface area contributed by atoms with Crippen LogP contribution < -0.4 is 5.32 Å². The molecule has 4 rings (SSSR count). The Morgan fingerprint density at radius 2 is 2.25 bits per heavy atom. The summed E-state index contributed by atoms with van der Waals surface area (Å²) < 4.78 is 7.22. The summed E-state index contributed by atoms with van der Waals surface area (Å²) in [5, 5.41) is 15.6. The van der Waals surface area contributed by atoms with Gasteiger partial charge in [-0.3, -0.25) is 0 Å². The van der Waals surface area contributed by atoms with Crippen LogP contribution >= 0.6 is 0 Å². The molecule has 0 amide bonds. The monoisotopic (exact) mass is 274 g/mol. The lowest BCUT2D eigenvalue weighted by atomic mass is 10.1. The molecule has 2 fully saturated rings. The van der Waals surface area contributed by atoms with Crippen LogP contribution in [0.2, 0.25) is 0 Å². The molecule has 3 heterocycles. The van der Waals surface area contributed by atoms with Crippen LogP contribution in [0, 0.1) is 5.92 Å². The van der Waals surface area contributed by atoms with Crippen molar-refractivity contribution in [2.24, 2.45) is 5.92 Å². The van der Waals surface area contributed by atoms with E-state index in [2.05, 4.69) is 32.7 Å². The summed E-state index contributed by atoms with van der Waals surface area (Å²) in [6.45, 7) is 4.16. The minimum Gasteiger partial charge on any atom is -0.332 e. The smallest absolute Gasteiger partial charge is 0.280 e. The van der Waals surface area contributed by atoms with E-state index in [1.54, 1.807) is 0 Å². The van der Waals surface area contributed by atoms with Crippen LogP contribution in [0.3, 0.4) is 0 Å². The van der Waals surface area contributed by atoms with E-state index >= 15 is 0 Å². The lowest BCUT2D eigenvalue weighted by molar-refractivity contribution is 0.313. The molecule has 7 heteroatoms. The maximum absolute atomic E-state index is 5.35. The van der Waals surface area contributed by atoms with Crippen molar-refractivity contribution in [3.8, 4) is 11.6 Å². The highest BCUT2D eigenvalue weighted by atomic mass is 16.5. The van der Waals surface area contributed by atoms with Gasteiger partial charge in [-0.25, -0.2) is 4.68 Å². The zero-order chi connectivity index (χ0) is 13.5. The average Bonchev–Trinajstić information content (AvgIpc) is 3.04. The van der Waals surface area contributed by atoms with Gasteiger partial charge in [-0.05, 0) is 25.2 Å². The van der Waals surface area contributed by atoms with Crippen molar-refractivity contribution in [1.82, 2.24) is 30.5 Å². The second-order valence-electron chi connectivity index (χ2n) is 5.97. The van der Waals surface area contributed by atoms with Crippen molar-refractivity contribution >= 4 is 0 Å². The van der Waals surface area contributed by atoms with Crippen LogP contribution in [-0.2, 0) is 0 Å². The maximum Gasteiger partial charge on any atom is 0.280 e. The van der Waals surface area contributed by atoms with E-state index in [1.165, 1.54) is 6.42 Å². The van der Waals surface area contributed by atoms with E-state index in [0.29, 0.717) is 23.5 Å². The van der Waals surface area contributed by atoms with Crippen LogP contribution in [-0.4, -0.2) is 38.2 Å². The minimum absolute atomic E-state index is 0.398. The first-order valence-electron chi connectivity index (χ1n) is 7.26. The quantitative estimate of drug-likeness (QED) is 0.910. The largest absolute Gasteiger partial charge is 0.332 e. The predicted molar refractivity (Wildman–Crippen MR) is 71.0 cm³/mol. The number of hydrogen-bond acceptors (Lipinski definition) is 6. The Morgan fingerprint density at radius 1 is 1.35 bits per heavy atom. The molecule has 2 atom stereocenters. The molecule has 1 aliphatic carbocycles. The van der Waals surface area contributed by atoms with Crippen molar-refractivity contribution in [2.75, 3.05) is 13.1 Å². The van der Waals surface area contributed by atoms with Crippen molar-refractivity contribution in [3.05, 3.63) is 12.0 Å². The Kier molecular flexibility index (Phi) is 2.80. The lowest BCUT2D eigenvalue weighted by Crippen LogP contribution is -2.43. The first kappa shape index (κ1) is 12.0. The second-order valence-corrected chi connectivity index (χ2v) is 5.97. The van der Waals surface area contributed by atoms with E-state index in [-0.39, 0.29) is 0 Å². The molecule has 1 N–H and O–H groups in total. The molecule has 0 spiro atoms. The fourth-order valence-electron chi connectivity index (χ4n) is 2.96. The predicted octanol–water partition coefficient (Wildman–Crippen LogP) is 1.38. The Labute approximate surface area is 116 Å². The molecule has 20 heavy (non-hydrogen) atoms. The highest BCUT2D eigenvalue weighted by molar-refractivity contribution is 5.43. The second kappa shape index (κ2) is 4.66. The third-order valence-electron chi connectivity index (χ3n) is 4.37. The first-order chi connectivity index (χ1) is 9.79. The van der Waals surface area contributed by atoms with Crippen LogP contribution in [0.4, 0.5) is 0 Å². The molecule has 2 aromatic heterocycles. The summed E-state index contributed by atoms with van der Waals surface area (Å²) in [4.78, 5) is 4.50. The van der Waals surface area contributed by atoms with E-state index in [4.69, 9.17) is 4.52 Å². The van der Waals surface area contributed by atoms with Crippen LogP contribution in [0.25, 0.3) is 11.6 Å². The summed E-state index contributed by atoms with van der Waals surface area (Å²) in [5.74, 6) is 2.50. The van der Waals surface area contributed by atoms with Crippen LogP contribution in [0.15, 0.2) is 10.7 Å².